The van der Waals surface area contributed by atoms with Crippen LogP contribution >= 0.6 is 0 Å². The highest BCUT2D eigenvalue weighted by molar-refractivity contribution is 6.19. The topological polar surface area (TPSA) is 80.1 Å². The lowest BCUT2D eigenvalue weighted by Gasteiger charge is -2.06. The fourth-order valence-electron chi connectivity index (χ4n) is 4.11. The number of benzene rings is 3. The van der Waals surface area contributed by atoms with Crippen molar-refractivity contribution in [2.45, 2.75) is 13.8 Å². The van der Waals surface area contributed by atoms with E-state index < -0.39 is 5.97 Å². The molecule has 0 bridgehead atoms. The molecule has 0 saturated heterocycles. The van der Waals surface area contributed by atoms with E-state index in [2.05, 4.69) is 5.10 Å². The molecule has 6 heteroatoms. The SMILES string of the molecule is CCOC(=O)c1c(C)nc2c1cc(O)c1c2c(-c2ccccc2)[nH]n1-c1ccccc1. The molecule has 0 unspecified atom stereocenters. The molecule has 0 aliphatic rings. The first kappa shape index (κ1) is 18.9. The molecular formula is C25H21N3O3. The normalized spacial score (nSPS) is 11.3. The van der Waals surface area contributed by atoms with Gasteiger partial charge < -0.3 is 9.84 Å². The van der Waals surface area contributed by atoms with Crippen molar-refractivity contribution in [1.82, 2.24) is 14.8 Å². The van der Waals surface area contributed by atoms with Gasteiger partial charge in [-0.05, 0) is 32.0 Å². The lowest BCUT2D eigenvalue weighted by molar-refractivity contribution is 0.0528. The summed E-state index contributed by atoms with van der Waals surface area (Å²) in [4.78, 5) is 17.3. The fourth-order valence-corrected chi connectivity index (χ4v) is 4.11. The Balaban J connectivity index is 1.92. The second-order valence-corrected chi connectivity index (χ2v) is 7.33. The molecule has 0 fully saturated rings. The number of aryl methyl sites for hydroxylation is 1. The van der Waals surface area contributed by atoms with Crippen LogP contribution in [-0.4, -0.2) is 32.4 Å². The van der Waals surface area contributed by atoms with Crippen LogP contribution in [0.4, 0.5) is 0 Å². The van der Waals surface area contributed by atoms with Crippen molar-refractivity contribution >= 4 is 27.8 Å². The number of ether oxygens (including phenoxy) is 1. The summed E-state index contributed by atoms with van der Waals surface area (Å²) in [6, 6.07) is 21.2. The molecule has 0 spiro atoms. The number of carbonyl (C=O) groups is 1. The second-order valence-electron chi connectivity index (χ2n) is 7.33. The Labute approximate surface area is 178 Å². The van der Waals surface area contributed by atoms with E-state index in [1.165, 1.54) is 0 Å². The minimum absolute atomic E-state index is 0.0581. The van der Waals surface area contributed by atoms with Gasteiger partial charge in [-0.3, -0.25) is 14.8 Å². The third kappa shape index (κ3) is 2.95. The molecular weight excluding hydrogens is 390 g/mol. The average Bonchev–Trinajstić information content (AvgIpc) is 3.34. The number of hydrogen-bond donors (Lipinski definition) is 2. The zero-order valence-corrected chi connectivity index (χ0v) is 17.2. The Kier molecular flexibility index (Phi) is 4.47. The maximum absolute atomic E-state index is 12.6. The van der Waals surface area contributed by atoms with Gasteiger partial charge in [0.2, 0.25) is 0 Å². The molecule has 0 atom stereocenters. The molecule has 0 amide bonds. The second kappa shape index (κ2) is 7.32. The molecule has 6 nitrogen and oxygen atoms in total. The average molecular weight is 411 g/mol. The zero-order chi connectivity index (χ0) is 21.5. The number of phenolic OH excluding ortho intramolecular Hbond substituents is 1. The summed E-state index contributed by atoms with van der Waals surface area (Å²) in [6.45, 7) is 3.83. The number of esters is 1. The molecule has 0 aliphatic heterocycles. The van der Waals surface area contributed by atoms with E-state index in [0.717, 1.165) is 22.3 Å². The third-order valence-electron chi connectivity index (χ3n) is 5.42. The standard InChI is InChI=1S/C25H21N3O3/c1-3-31-25(30)20-15(2)26-23-18(20)14-19(29)24-21(23)22(16-10-6-4-7-11-16)27-28(24)17-12-8-5-9-13-17/h4-14,27,29H,3H2,1-2H3. The number of hydrogen-bond acceptors (Lipinski definition) is 4. The first-order chi connectivity index (χ1) is 15.1. The summed E-state index contributed by atoms with van der Waals surface area (Å²) in [7, 11) is 0. The van der Waals surface area contributed by atoms with Crippen LogP contribution in [0.2, 0.25) is 0 Å². The van der Waals surface area contributed by atoms with E-state index in [0.29, 0.717) is 27.7 Å². The minimum Gasteiger partial charge on any atom is -0.506 e. The van der Waals surface area contributed by atoms with E-state index in [1.54, 1.807) is 19.9 Å². The van der Waals surface area contributed by atoms with Crippen LogP contribution in [-0.2, 0) is 4.74 Å². The van der Waals surface area contributed by atoms with Gasteiger partial charge >= 0.3 is 5.97 Å². The van der Waals surface area contributed by atoms with E-state index in [1.807, 2.05) is 65.3 Å². The number of aromatic hydroxyl groups is 1. The molecule has 5 rings (SSSR count). The van der Waals surface area contributed by atoms with Gasteiger partial charge in [-0.1, -0.05) is 48.5 Å². The van der Waals surface area contributed by atoms with Gasteiger partial charge in [0.05, 0.1) is 40.1 Å². The number of rotatable bonds is 4. The molecule has 2 aromatic heterocycles. The van der Waals surface area contributed by atoms with E-state index in [-0.39, 0.29) is 12.4 Å². The van der Waals surface area contributed by atoms with Gasteiger partial charge in [0.25, 0.3) is 0 Å². The summed E-state index contributed by atoms with van der Waals surface area (Å²) in [6.07, 6.45) is 0. The largest absolute Gasteiger partial charge is 0.506 e. The highest BCUT2D eigenvalue weighted by atomic mass is 16.5. The van der Waals surface area contributed by atoms with Crippen molar-refractivity contribution in [1.29, 1.82) is 0 Å². The van der Waals surface area contributed by atoms with E-state index >= 15 is 0 Å². The van der Waals surface area contributed by atoms with Crippen LogP contribution in [0.1, 0.15) is 23.0 Å². The molecule has 2 N–H and O–H groups in total. The van der Waals surface area contributed by atoms with Crippen LogP contribution in [0.15, 0.2) is 66.7 Å². The van der Waals surface area contributed by atoms with Crippen molar-refractivity contribution in [2.75, 3.05) is 6.61 Å². The summed E-state index contributed by atoms with van der Waals surface area (Å²) in [5.74, 6) is -0.378. The molecule has 3 aromatic carbocycles. The minimum atomic E-state index is -0.436. The quantitative estimate of drug-likeness (QED) is 0.390. The molecule has 0 saturated carbocycles. The molecule has 154 valence electrons. The van der Waals surface area contributed by atoms with Crippen LogP contribution in [0.25, 0.3) is 38.8 Å². The van der Waals surface area contributed by atoms with E-state index in [9.17, 15) is 9.90 Å². The summed E-state index contributed by atoms with van der Waals surface area (Å²) in [5.41, 5.74) is 4.86. The maximum Gasteiger partial charge on any atom is 0.340 e. The van der Waals surface area contributed by atoms with Crippen molar-refractivity contribution in [3.63, 3.8) is 0 Å². The fraction of sp³-hybridized carbons (Fsp3) is 0.120. The monoisotopic (exact) mass is 411 g/mol. The van der Waals surface area contributed by atoms with Crippen LogP contribution in [0.5, 0.6) is 5.75 Å². The number of nitrogens with zero attached hydrogens (tertiary/aromatic N) is 2. The Morgan fingerprint density at radius 2 is 1.77 bits per heavy atom. The van der Waals surface area contributed by atoms with Crippen molar-refractivity contribution in [2.24, 2.45) is 0 Å². The number of phenols is 1. The molecule has 0 aliphatic carbocycles. The zero-order valence-electron chi connectivity index (χ0n) is 17.2. The van der Waals surface area contributed by atoms with Gasteiger partial charge in [0, 0.05) is 10.9 Å². The first-order valence-electron chi connectivity index (χ1n) is 10.1. The molecule has 31 heavy (non-hydrogen) atoms. The van der Waals surface area contributed by atoms with Gasteiger partial charge in [-0.15, -0.1) is 0 Å². The Morgan fingerprint density at radius 3 is 2.45 bits per heavy atom. The number of para-hydroxylation sites is 1. The van der Waals surface area contributed by atoms with E-state index in [4.69, 9.17) is 9.72 Å². The number of nitrogens with one attached hydrogen (secondary N) is 1. The van der Waals surface area contributed by atoms with Crippen molar-refractivity contribution in [3.8, 4) is 22.7 Å². The number of aromatic nitrogens is 3. The third-order valence-corrected chi connectivity index (χ3v) is 5.42. The number of H-pyrrole nitrogens is 1. The van der Waals surface area contributed by atoms with Gasteiger partial charge in [-0.2, -0.15) is 0 Å². The van der Waals surface area contributed by atoms with Crippen LogP contribution < -0.4 is 0 Å². The van der Waals surface area contributed by atoms with Gasteiger partial charge in [-0.25, -0.2) is 4.79 Å². The Bertz CT molecular complexity index is 1420. The summed E-state index contributed by atoms with van der Waals surface area (Å²) < 4.78 is 7.09. The maximum atomic E-state index is 12.6. The molecule has 0 radical (unpaired) electrons. The number of fused-ring (bicyclic) bond motifs is 3. The highest BCUT2D eigenvalue weighted by Crippen LogP contribution is 2.41. The van der Waals surface area contributed by atoms with Crippen molar-refractivity contribution in [3.05, 3.63) is 78.0 Å². The smallest absolute Gasteiger partial charge is 0.340 e. The lowest BCUT2D eigenvalue weighted by Crippen LogP contribution is -2.05. The Morgan fingerprint density at radius 1 is 1.10 bits per heavy atom. The van der Waals surface area contributed by atoms with Crippen LogP contribution in [0.3, 0.4) is 0 Å². The van der Waals surface area contributed by atoms with Gasteiger partial charge in [0.15, 0.2) is 0 Å². The number of carbonyl (C=O) groups excluding carboxylic acids is 1. The highest BCUT2D eigenvalue weighted by Gasteiger charge is 2.25. The summed E-state index contributed by atoms with van der Waals surface area (Å²) in [5, 5.41) is 15.9. The predicted octanol–water partition coefficient (Wildman–Crippen LogP) is 5.36. The van der Waals surface area contributed by atoms with Crippen molar-refractivity contribution < 1.29 is 14.6 Å². The van der Waals surface area contributed by atoms with Crippen LogP contribution in [0, 0.1) is 6.92 Å². The predicted molar refractivity (Wildman–Crippen MR) is 121 cm³/mol. The summed E-state index contributed by atoms with van der Waals surface area (Å²) >= 11 is 0. The van der Waals surface area contributed by atoms with Gasteiger partial charge in [0.1, 0.15) is 11.3 Å². The Hall–Kier alpha value is -4.06. The lowest BCUT2D eigenvalue weighted by atomic mass is 10.0. The number of aromatic amines is 1. The first-order valence-corrected chi connectivity index (χ1v) is 10.1. The molecule has 5 aromatic rings. The molecule has 2 heterocycles.